The minimum atomic E-state index is -0.908. The van der Waals surface area contributed by atoms with Crippen molar-refractivity contribution in [1.29, 1.82) is 0 Å². The number of hydrogen-bond acceptors (Lipinski definition) is 7. The number of benzene rings is 1. The number of amides is 2. The van der Waals surface area contributed by atoms with Crippen molar-refractivity contribution in [1.82, 2.24) is 14.8 Å². The van der Waals surface area contributed by atoms with Crippen LogP contribution < -0.4 is 4.74 Å². The third-order valence-electron chi connectivity index (χ3n) is 6.48. The molecule has 1 aromatic carbocycles. The molecule has 2 aliphatic heterocycles. The van der Waals surface area contributed by atoms with Crippen molar-refractivity contribution in [2.75, 3.05) is 26.8 Å². The Hall–Kier alpha value is -3.59. The quantitative estimate of drug-likeness (QED) is 0.364. The number of aromatic nitrogens is 1. The standard InChI is InChI=1S/C26H28ClN3O6/c1-4-36-26(34)29-11-8-16(9-12-29)30-21(19-7-5-6-10-28-19)20(23(32)25(30)33)22(31)17-13-15(2)14-18(27)24(17)35-3/h5-7,10,13-14,16,21,31H,4,8-9,11-12H2,1-3H3/b22-20+. The first-order valence-corrected chi connectivity index (χ1v) is 12.1. The molecule has 190 valence electrons. The van der Waals surface area contributed by atoms with E-state index in [1.54, 1.807) is 55.3 Å². The number of ether oxygens (including phenoxy) is 2. The summed E-state index contributed by atoms with van der Waals surface area (Å²) in [6.07, 6.45) is 2.08. The van der Waals surface area contributed by atoms with Gasteiger partial charge in [0.25, 0.3) is 11.7 Å². The van der Waals surface area contributed by atoms with Crippen LogP contribution in [0.15, 0.2) is 42.1 Å². The highest BCUT2D eigenvalue weighted by Crippen LogP contribution is 2.44. The molecule has 0 bridgehead atoms. The monoisotopic (exact) mass is 513 g/mol. The zero-order valence-electron chi connectivity index (χ0n) is 20.4. The molecule has 0 saturated carbocycles. The molecule has 10 heteroatoms. The van der Waals surface area contributed by atoms with Crippen LogP contribution in [0.3, 0.4) is 0 Å². The van der Waals surface area contributed by atoms with Gasteiger partial charge in [-0.3, -0.25) is 14.6 Å². The van der Waals surface area contributed by atoms with Gasteiger partial charge in [-0.25, -0.2) is 4.79 Å². The Balaban J connectivity index is 1.79. The van der Waals surface area contributed by atoms with Gasteiger partial charge < -0.3 is 24.4 Å². The van der Waals surface area contributed by atoms with Crippen LogP contribution >= 0.6 is 11.6 Å². The van der Waals surface area contributed by atoms with Crippen LogP contribution in [-0.4, -0.2) is 70.5 Å². The largest absolute Gasteiger partial charge is 0.507 e. The van der Waals surface area contributed by atoms with E-state index < -0.39 is 23.8 Å². The molecule has 4 rings (SSSR count). The van der Waals surface area contributed by atoms with Gasteiger partial charge in [0.15, 0.2) is 0 Å². The molecular formula is C26H28ClN3O6. The summed E-state index contributed by atoms with van der Waals surface area (Å²) in [6.45, 7) is 4.58. The van der Waals surface area contributed by atoms with E-state index in [0.29, 0.717) is 31.6 Å². The molecule has 0 spiro atoms. The molecule has 2 aromatic rings. The van der Waals surface area contributed by atoms with Crippen LogP contribution in [0.25, 0.3) is 5.76 Å². The number of hydrogen-bond donors (Lipinski definition) is 1. The molecule has 3 heterocycles. The van der Waals surface area contributed by atoms with E-state index in [4.69, 9.17) is 21.1 Å². The topological polar surface area (TPSA) is 109 Å². The van der Waals surface area contributed by atoms with Crippen LogP contribution in [-0.2, 0) is 14.3 Å². The average Bonchev–Trinajstić information content (AvgIpc) is 3.14. The van der Waals surface area contributed by atoms with Gasteiger partial charge in [0.1, 0.15) is 17.6 Å². The number of ketones is 1. The lowest BCUT2D eigenvalue weighted by molar-refractivity contribution is -0.142. The molecular weight excluding hydrogens is 486 g/mol. The van der Waals surface area contributed by atoms with Gasteiger partial charge in [-0.05, 0) is 56.5 Å². The number of piperidine rings is 1. The number of aryl methyl sites for hydroxylation is 1. The Morgan fingerprint density at radius 2 is 1.94 bits per heavy atom. The normalized spacial score (nSPS) is 20.1. The SMILES string of the molecule is CCOC(=O)N1CCC(N2C(=O)C(=O)/C(=C(/O)c3cc(C)cc(Cl)c3OC)C2c2ccccn2)CC1. The Morgan fingerprint density at radius 1 is 1.22 bits per heavy atom. The number of halogens is 1. The second kappa shape index (κ2) is 10.6. The lowest BCUT2D eigenvalue weighted by Gasteiger charge is -2.38. The third-order valence-corrected chi connectivity index (χ3v) is 6.76. The van der Waals surface area contributed by atoms with E-state index >= 15 is 0 Å². The summed E-state index contributed by atoms with van der Waals surface area (Å²) in [6, 6.07) is 7.30. The predicted molar refractivity (Wildman–Crippen MR) is 133 cm³/mol. The van der Waals surface area contributed by atoms with Gasteiger partial charge in [0.05, 0.1) is 35.6 Å². The Bertz CT molecular complexity index is 1210. The second-order valence-corrected chi connectivity index (χ2v) is 9.11. The minimum Gasteiger partial charge on any atom is -0.507 e. The number of pyridine rings is 1. The smallest absolute Gasteiger partial charge is 0.409 e. The van der Waals surface area contributed by atoms with E-state index in [1.165, 1.54) is 12.0 Å². The zero-order valence-corrected chi connectivity index (χ0v) is 21.1. The third kappa shape index (κ3) is 4.63. The van der Waals surface area contributed by atoms with Crippen LogP contribution in [0, 0.1) is 6.92 Å². The first kappa shape index (κ1) is 25.5. The van der Waals surface area contributed by atoms with Crippen LogP contribution in [0.1, 0.15) is 42.6 Å². The Morgan fingerprint density at radius 3 is 2.56 bits per heavy atom. The summed E-state index contributed by atoms with van der Waals surface area (Å²) >= 11 is 6.34. The molecule has 1 N–H and O–H groups in total. The molecule has 1 atom stereocenters. The number of Topliss-reactive ketones (excluding diaryl/α,β-unsaturated/α-hetero) is 1. The summed E-state index contributed by atoms with van der Waals surface area (Å²) in [5.41, 5.74) is 1.34. The summed E-state index contributed by atoms with van der Waals surface area (Å²) in [5.74, 6) is -1.71. The number of aliphatic hydroxyl groups is 1. The van der Waals surface area contributed by atoms with E-state index in [1.807, 2.05) is 0 Å². The number of aliphatic hydroxyl groups excluding tert-OH is 1. The summed E-state index contributed by atoms with van der Waals surface area (Å²) in [7, 11) is 1.42. The zero-order chi connectivity index (χ0) is 26.0. The van der Waals surface area contributed by atoms with Crippen molar-refractivity contribution in [3.8, 4) is 5.75 Å². The maximum Gasteiger partial charge on any atom is 0.409 e. The van der Waals surface area contributed by atoms with E-state index in [0.717, 1.165) is 5.56 Å². The molecule has 2 aliphatic rings. The highest BCUT2D eigenvalue weighted by atomic mass is 35.5. The highest BCUT2D eigenvalue weighted by Gasteiger charge is 2.50. The first-order valence-electron chi connectivity index (χ1n) is 11.8. The number of carbonyl (C=O) groups is 3. The molecule has 36 heavy (non-hydrogen) atoms. The van der Waals surface area contributed by atoms with E-state index in [9.17, 15) is 19.5 Å². The molecule has 2 saturated heterocycles. The molecule has 2 amide bonds. The van der Waals surface area contributed by atoms with Gasteiger partial charge in [-0.1, -0.05) is 17.7 Å². The number of methoxy groups -OCH3 is 1. The lowest BCUT2D eigenvalue weighted by atomic mass is 9.95. The van der Waals surface area contributed by atoms with Crippen molar-refractivity contribution in [2.24, 2.45) is 0 Å². The number of nitrogens with zero attached hydrogens (tertiary/aromatic N) is 3. The van der Waals surface area contributed by atoms with E-state index in [-0.39, 0.29) is 40.3 Å². The number of likely N-dealkylation sites (tertiary alicyclic amines) is 2. The summed E-state index contributed by atoms with van der Waals surface area (Å²) in [5, 5.41) is 11.7. The number of rotatable bonds is 5. The lowest BCUT2D eigenvalue weighted by Crippen LogP contribution is -2.48. The molecule has 9 nitrogen and oxygen atoms in total. The fourth-order valence-corrected chi connectivity index (χ4v) is 5.20. The minimum absolute atomic E-state index is 0.0773. The molecule has 1 aromatic heterocycles. The molecule has 1 unspecified atom stereocenters. The maximum atomic E-state index is 13.4. The fourth-order valence-electron chi connectivity index (χ4n) is 4.85. The van der Waals surface area contributed by atoms with Crippen LogP contribution in [0.5, 0.6) is 5.75 Å². The van der Waals surface area contributed by atoms with Gasteiger partial charge in [-0.2, -0.15) is 0 Å². The van der Waals surface area contributed by atoms with Crippen LogP contribution in [0.4, 0.5) is 4.79 Å². The van der Waals surface area contributed by atoms with E-state index in [2.05, 4.69) is 4.98 Å². The second-order valence-electron chi connectivity index (χ2n) is 8.71. The Kier molecular flexibility index (Phi) is 7.49. The van der Waals surface area contributed by atoms with Gasteiger partial charge >= 0.3 is 6.09 Å². The summed E-state index contributed by atoms with van der Waals surface area (Å²) in [4.78, 5) is 46.4. The van der Waals surface area contributed by atoms with Crippen molar-refractivity contribution in [3.05, 3.63) is 63.9 Å². The van der Waals surface area contributed by atoms with Crippen molar-refractivity contribution < 1.29 is 29.0 Å². The maximum absolute atomic E-state index is 13.4. The highest BCUT2D eigenvalue weighted by molar-refractivity contribution is 6.46. The molecule has 0 radical (unpaired) electrons. The number of carbonyl (C=O) groups excluding carboxylic acids is 3. The molecule has 2 fully saturated rings. The van der Waals surface area contributed by atoms with Crippen molar-refractivity contribution in [3.63, 3.8) is 0 Å². The van der Waals surface area contributed by atoms with Crippen LogP contribution in [0.2, 0.25) is 5.02 Å². The fraction of sp³-hybridized carbons (Fsp3) is 0.385. The first-order chi connectivity index (χ1) is 17.3. The van der Waals surface area contributed by atoms with Gasteiger partial charge in [0.2, 0.25) is 0 Å². The van der Waals surface area contributed by atoms with Crippen molar-refractivity contribution in [2.45, 2.75) is 38.8 Å². The van der Waals surface area contributed by atoms with Gasteiger partial charge in [-0.15, -0.1) is 0 Å². The van der Waals surface area contributed by atoms with Crippen molar-refractivity contribution >= 4 is 35.1 Å². The van der Waals surface area contributed by atoms with Gasteiger partial charge in [0, 0.05) is 25.3 Å². The molecule has 0 aliphatic carbocycles. The summed E-state index contributed by atoms with van der Waals surface area (Å²) < 4.78 is 10.5. The average molecular weight is 514 g/mol. The predicted octanol–water partition coefficient (Wildman–Crippen LogP) is 4.09. The Labute approximate surface area is 214 Å².